The van der Waals surface area contributed by atoms with Crippen LogP contribution in [0.4, 0.5) is 0 Å². The van der Waals surface area contributed by atoms with Gasteiger partial charge in [-0.1, -0.05) is 62.4 Å². The molecule has 0 amide bonds. The van der Waals surface area contributed by atoms with Gasteiger partial charge in [-0.2, -0.15) is 0 Å². The number of hydrogen-bond acceptors (Lipinski definition) is 4. The largest absolute Gasteiger partial charge is 0.466 e. The number of rotatable bonds is 9. The van der Waals surface area contributed by atoms with Crippen molar-refractivity contribution in [3.63, 3.8) is 0 Å². The molecule has 4 nitrogen and oxygen atoms in total. The van der Waals surface area contributed by atoms with E-state index in [0.29, 0.717) is 18.3 Å². The lowest BCUT2D eigenvalue weighted by molar-refractivity contribution is -0.147. The van der Waals surface area contributed by atoms with E-state index in [-0.39, 0.29) is 18.8 Å². The van der Waals surface area contributed by atoms with Gasteiger partial charge in [0.15, 0.2) is 0 Å². The fourth-order valence-electron chi connectivity index (χ4n) is 2.54. The Hall–Kier alpha value is -2.62. The van der Waals surface area contributed by atoms with Crippen molar-refractivity contribution in [1.82, 2.24) is 0 Å². The standard InChI is InChI=1S/C22H26O4/c1-17(2)9-8-16-25-21(23)14-15-22(24)26-20-13-7-6-12-19(20)18-10-4-3-5-11-18/h3-7,10-13,17H,8-9,14-16H2,1-2H3. The Kier molecular flexibility index (Phi) is 7.87. The molecule has 0 fully saturated rings. The van der Waals surface area contributed by atoms with Gasteiger partial charge in [-0.25, -0.2) is 0 Å². The molecular formula is C22H26O4. The minimum atomic E-state index is -0.437. The van der Waals surface area contributed by atoms with Crippen molar-refractivity contribution in [2.45, 2.75) is 39.5 Å². The summed E-state index contributed by atoms with van der Waals surface area (Å²) >= 11 is 0. The van der Waals surface area contributed by atoms with Crippen LogP contribution >= 0.6 is 0 Å². The maximum Gasteiger partial charge on any atom is 0.311 e. The molecule has 4 heteroatoms. The molecule has 0 saturated heterocycles. The number of benzene rings is 2. The second kappa shape index (κ2) is 10.4. The van der Waals surface area contributed by atoms with Gasteiger partial charge in [0.25, 0.3) is 0 Å². The van der Waals surface area contributed by atoms with Gasteiger partial charge >= 0.3 is 11.9 Å². The predicted molar refractivity (Wildman–Crippen MR) is 102 cm³/mol. The molecule has 0 aliphatic carbocycles. The van der Waals surface area contributed by atoms with E-state index in [2.05, 4.69) is 13.8 Å². The first-order valence-corrected chi connectivity index (χ1v) is 9.07. The number of hydrogen-bond donors (Lipinski definition) is 0. The van der Waals surface area contributed by atoms with Crippen molar-refractivity contribution >= 4 is 11.9 Å². The molecule has 0 N–H and O–H groups in total. The Morgan fingerprint density at radius 1 is 0.885 bits per heavy atom. The highest BCUT2D eigenvalue weighted by Crippen LogP contribution is 2.29. The van der Waals surface area contributed by atoms with Gasteiger partial charge < -0.3 is 9.47 Å². The Balaban J connectivity index is 1.82. The quantitative estimate of drug-likeness (QED) is 0.360. The van der Waals surface area contributed by atoms with E-state index >= 15 is 0 Å². The van der Waals surface area contributed by atoms with Crippen LogP contribution < -0.4 is 4.74 Å². The average Bonchev–Trinajstić information content (AvgIpc) is 2.64. The first-order valence-electron chi connectivity index (χ1n) is 9.07. The second-order valence-corrected chi connectivity index (χ2v) is 6.59. The normalized spacial score (nSPS) is 10.6. The predicted octanol–water partition coefficient (Wildman–Crippen LogP) is 5.02. The highest BCUT2D eigenvalue weighted by atomic mass is 16.5. The molecule has 26 heavy (non-hydrogen) atoms. The summed E-state index contributed by atoms with van der Waals surface area (Å²) in [4.78, 5) is 23.8. The van der Waals surface area contributed by atoms with Crippen molar-refractivity contribution < 1.29 is 19.1 Å². The smallest absolute Gasteiger partial charge is 0.311 e. The minimum Gasteiger partial charge on any atom is -0.466 e. The first-order chi connectivity index (χ1) is 12.6. The van der Waals surface area contributed by atoms with Crippen molar-refractivity contribution in [3.05, 3.63) is 54.6 Å². The number of esters is 2. The molecule has 0 heterocycles. The molecule has 138 valence electrons. The molecule has 0 spiro atoms. The fraction of sp³-hybridized carbons (Fsp3) is 0.364. The van der Waals surface area contributed by atoms with Gasteiger partial charge in [0.1, 0.15) is 5.75 Å². The van der Waals surface area contributed by atoms with E-state index in [4.69, 9.17) is 9.47 Å². The van der Waals surface area contributed by atoms with Gasteiger partial charge in [-0.3, -0.25) is 9.59 Å². The molecule has 0 unspecified atom stereocenters. The van der Waals surface area contributed by atoms with Crippen molar-refractivity contribution in [2.75, 3.05) is 6.61 Å². The van der Waals surface area contributed by atoms with E-state index in [1.54, 1.807) is 6.07 Å². The molecule has 0 aliphatic rings. The van der Waals surface area contributed by atoms with E-state index in [1.165, 1.54) is 0 Å². The Morgan fingerprint density at radius 2 is 1.54 bits per heavy atom. The zero-order valence-electron chi connectivity index (χ0n) is 15.4. The van der Waals surface area contributed by atoms with Crippen LogP contribution in [0, 0.1) is 5.92 Å². The lowest BCUT2D eigenvalue weighted by Gasteiger charge is -2.10. The molecule has 0 radical (unpaired) electrons. The molecule has 0 saturated carbocycles. The van der Waals surface area contributed by atoms with Crippen LogP contribution in [0.3, 0.4) is 0 Å². The monoisotopic (exact) mass is 354 g/mol. The number of carbonyl (C=O) groups excluding carboxylic acids is 2. The molecule has 0 aromatic heterocycles. The molecule has 0 bridgehead atoms. The highest BCUT2D eigenvalue weighted by Gasteiger charge is 2.13. The minimum absolute atomic E-state index is 0.00609. The second-order valence-electron chi connectivity index (χ2n) is 6.59. The van der Waals surface area contributed by atoms with E-state index in [0.717, 1.165) is 24.0 Å². The fourth-order valence-corrected chi connectivity index (χ4v) is 2.54. The molecule has 0 aliphatic heterocycles. The summed E-state index contributed by atoms with van der Waals surface area (Å²) in [5, 5.41) is 0. The number of carbonyl (C=O) groups is 2. The zero-order valence-corrected chi connectivity index (χ0v) is 15.4. The first kappa shape index (κ1) is 19.7. The van der Waals surface area contributed by atoms with Crippen LogP contribution in [0.1, 0.15) is 39.5 Å². The number of ether oxygens (including phenoxy) is 2. The van der Waals surface area contributed by atoms with Gasteiger partial charge in [-0.05, 0) is 30.4 Å². The Bertz CT molecular complexity index is 707. The maximum absolute atomic E-state index is 12.1. The van der Waals surface area contributed by atoms with E-state index < -0.39 is 5.97 Å². The van der Waals surface area contributed by atoms with Crippen LogP contribution in [0.15, 0.2) is 54.6 Å². The van der Waals surface area contributed by atoms with Gasteiger partial charge in [0.2, 0.25) is 0 Å². The van der Waals surface area contributed by atoms with E-state index in [1.807, 2.05) is 48.5 Å². The van der Waals surface area contributed by atoms with Crippen LogP contribution in [0.25, 0.3) is 11.1 Å². The van der Waals surface area contributed by atoms with Crippen LogP contribution in [0.5, 0.6) is 5.75 Å². The summed E-state index contributed by atoms with van der Waals surface area (Å²) in [7, 11) is 0. The molecule has 2 aromatic carbocycles. The summed E-state index contributed by atoms with van der Waals surface area (Å²) < 4.78 is 10.6. The summed E-state index contributed by atoms with van der Waals surface area (Å²) in [6.07, 6.45) is 1.91. The lowest BCUT2D eigenvalue weighted by atomic mass is 10.1. The molecule has 0 atom stereocenters. The third-order valence-corrected chi connectivity index (χ3v) is 3.92. The third kappa shape index (κ3) is 6.71. The maximum atomic E-state index is 12.1. The molecule has 2 rings (SSSR count). The Morgan fingerprint density at radius 3 is 2.27 bits per heavy atom. The van der Waals surface area contributed by atoms with Crippen LogP contribution in [-0.2, 0) is 14.3 Å². The van der Waals surface area contributed by atoms with Gasteiger partial charge in [0.05, 0.1) is 19.4 Å². The number of para-hydroxylation sites is 1. The topological polar surface area (TPSA) is 52.6 Å². The van der Waals surface area contributed by atoms with Crippen molar-refractivity contribution in [3.8, 4) is 16.9 Å². The molecular weight excluding hydrogens is 328 g/mol. The van der Waals surface area contributed by atoms with Crippen molar-refractivity contribution in [1.29, 1.82) is 0 Å². The lowest BCUT2D eigenvalue weighted by Crippen LogP contribution is -2.13. The molecule has 2 aromatic rings. The highest BCUT2D eigenvalue weighted by molar-refractivity contribution is 5.81. The van der Waals surface area contributed by atoms with Gasteiger partial charge in [0, 0.05) is 5.56 Å². The van der Waals surface area contributed by atoms with Crippen molar-refractivity contribution in [2.24, 2.45) is 5.92 Å². The summed E-state index contributed by atoms with van der Waals surface area (Å²) in [6, 6.07) is 17.1. The van der Waals surface area contributed by atoms with Crippen LogP contribution in [0.2, 0.25) is 0 Å². The van der Waals surface area contributed by atoms with E-state index in [9.17, 15) is 9.59 Å². The summed E-state index contributed by atoms with van der Waals surface area (Å²) in [5.41, 5.74) is 1.82. The summed E-state index contributed by atoms with van der Waals surface area (Å²) in [6.45, 7) is 4.67. The third-order valence-electron chi connectivity index (χ3n) is 3.92. The summed E-state index contributed by atoms with van der Waals surface area (Å²) in [5.74, 6) is 0.289. The average molecular weight is 354 g/mol. The van der Waals surface area contributed by atoms with Gasteiger partial charge in [-0.15, -0.1) is 0 Å². The van der Waals surface area contributed by atoms with Crippen LogP contribution in [-0.4, -0.2) is 18.5 Å². The SMILES string of the molecule is CC(C)CCCOC(=O)CCC(=O)Oc1ccccc1-c1ccccc1. The Labute approximate surface area is 155 Å². The zero-order chi connectivity index (χ0) is 18.8.